The third kappa shape index (κ3) is 4.09. The normalized spacial score (nSPS) is 16.8. The van der Waals surface area contributed by atoms with Gasteiger partial charge < -0.3 is 9.15 Å². The van der Waals surface area contributed by atoms with Crippen LogP contribution in [0.5, 0.6) is 0 Å². The number of hydrogen-bond acceptors (Lipinski definition) is 6. The zero-order valence-corrected chi connectivity index (χ0v) is 19.5. The molecule has 1 unspecified atom stereocenters. The van der Waals surface area contributed by atoms with Crippen molar-refractivity contribution >= 4 is 49.3 Å². The number of carbonyl (C=O) groups excluding carboxylic acids is 1. The summed E-state index contributed by atoms with van der Waals surface area (Å²) in [5.41, 5.74) is 0.341. The van der Waals surface area contributed by atoms with Gasteiger partial charge in [0.1, 0.15) is 18.2 Å². The molecule has 1 saturated heterocycles. The van der Waals surface area contributed by atoms with Crippen LogP contribution in [-0.2, 0) is 26.2 Å². The quantitative estimate of drug-likeness (QED) is 0.229. The first kappa shape index (κ1) is 22.6. The van der Waals surface area contributed by atoms with Crippen LogP contribution in [0.4, 0.5) is 0 Å². The van der Waals surface area contributed by atoms with Crippen LogP contribution in [0.25, 0.3) is 21.7 Å². The van der Waals surface area contributed by atoms with Gasteiger partial charge in [0.15, 0.2) is 0 Å². The van der Waals surface area contributed by atoms with Crippen LogP contribution in [0.2, 0.25) is 5.02 Å². The lowest BCUT2D eigenvalue weighted by molar-refractivity contribution is -0.148. The maximum Gasteiger partial charge on any atom is 0.336 e. The van der Waals surface area contributed by atoms with Crippen molar-refractivity contribution in [1.29, 1.82) is 0 Å². The molecule has 1 fully saturated rings. The highest BCUT2D eigenvalue weighted by Gasteiger charge is 2.40. The fraction of sp³-hybridized carbons (Fsp3) is 0.200. The van der Waals surface area contributed by atoms with Crippen LogP contribution in [0.15, 0.2) is 80.8 Å². The monoisotopic (exact) mass is 497 g/mol. The molecule has 0 amide bonds. The second-order valence-electron chi connectivity index (χ2n) is 8.09. The van der Waals surface area contributed by atoms with Crippen LogP contribution in [0.1, 0.15) is 18.4 Å². The van der Waals surface area contributed by atoms with Crippen LogP contribution < -0.4 is 5.63 Å². The van der Waals surface area contributed by atoms with Gasteiger partial charge in [0.05, 0.1) is 4.90 Å². The summed E-state index contributed by atoms with van der Waals surface area (Å²) in [6, 6.07) is 17.4. The molecule has 0 spiro atoms. The predicted octanol–water partition coefficient (Wildman–Crippen LogP) is 4.50. The lowest BCUT2D eigenvalue weighted by Crippen LogP contribution is -2.41. The molecule has 1 atom stereocenters. The molecule has 0 N–H and O–H groups in total. The summed E-state index contributed by atoms with van der Waals surface area (Å²) in [5.74, 6) is -0.656. The van der Waals surface area contributed by atoms with Crippen molar-refractivity contribution in [3.63, 3.8) is 0 Å². The van der Waals surface area contributed by atoms with E-state index in [1.807, 2.05) is 30.3 Å². The van der Waals surface area contributed by atoms with Crippen molar-refractivity contribution in [2.24, 2.45) is 0 Å². The number of benzene rings is 3. The smallest absolute Gasteiger partial charge is 0.336 e. The molecule has 0 bridgehead atoms. The molecule has 174 valence electrons. The Morgan fingerprint density at radius 2 is 1.85 bits per heavy atom. The number of esters is 1. The third-order valence-corrected chi connectivity index (χ3v) is 8.15. The van der Waals surface area contributed by atoms with Gasteiger partial charge in [-0.2, -0.15) is 4.31 Å². The maximum absolute atomic E-state index is 13.1. The van der Waals surface area contributed by atoms with E-state index in [4.69, 9.17) is 20.8 Å². The fourth-order valence-corrected chi connectivity index (χ4v) is 6.16. The lowest BCUT2D eigenvalue weighted by Gasteiger charge is -2.23. The molecule has 1 aliphatic heterocycles. The minimum Gasteiger partial charge on any atom is -0.460 e. The van der Waals surface area contributed by atoms with Crippen molar-refractivity contribution in [2.45, 2.75) is 30.4 Å². The first-order valence-corrected chi connectivity index (χ1v) is 12.5. The third-order valence-electron chi connectivity index (χ3n) is 5.98. The minimum atomic E-state index is -3.89. The van der Waals surface area contributed by atoms with E-state index in [2.05, 4.69) is 0 Å². The average molecular weight is 498 g/mol. The van der Waals surface area contributed by atoms with E-state index >= 15 is 0 Å². The van der Waals surface area contributed by atoms with Gasteiger partial charge in [-0.15, -0.1) is 0 Å². The zero-order valence-electron chi connectivity index (χ0n) is 17.9. The standard InChI is InChI=1S/C25H20ClNO6S/c26-18-8-10-19(11-9-18)34(30,31)27-13-3-6-21(27)25(29)32-15-17-14-23(28)33-22-12-7-16-4-1-2-5-20(16)24(17)22/h1-2,4-5,7-12,14,21H,3,6,13,15H2. The van der Waals surface area contributed by atoms with E-state index < -0.39 is 27.7 Å². The van der Waals surface area contributed by atoms with Crippen LogP contribution in [0.3, 0.4) is 0 Å². The van der Waals surface area contributed by atoms with Gasteiger partial charge >= 0.3 is 11.6 Å². The molecular formula is C25H20ClNO6S. The average Bonchev–Trinajstić information content (AvgIpc) is 3.33. The molecule has 1 aromatic heterocycles. The number of fused-ring (bicyclic) bond motifs is 3. The van der Waals surface area contributed by atoms with E-state index in [9.17, 15) is 18.0 Å². The van der Waals surface area contributed by atoms with E-state index in [0.717, 1.165) is 10.8 Å². The summed E-state index contributed by atoms with van der Waals surface area (Å²) in [6.45, 7) is 0.0352. The second kappa shape index (κ2) is 8.87. The number of nitrogens with zero attached hydrogens (tertiary/aromatic N) is 1. The van der Waals surface area contributed by atoms with Gasteiger partial charge in [-0.1, -0.05) is 41.9 Å². The number of ether oxygens (including phenoxy) is 1. The highest BCUT2D eigenvalue weighted by atomic mass is 35.5. The number of halogens is 1. The molecule has 34 heavy (non-hydrogen) atoms. The first-order chi connectivity index (χ1) is 16.3. The number of sulfonamides is 1. The Bertz CT molecular complexity index is 1560. The summed E-state index contributed by atoms with van der Waals surface area (Å²) >= 11 is 5.88. The molecule has 0 aliphatic carbocycles. The van der Waals surface area contributed by atoms with Gasteiger partial charge in [-0.25, -0.2) is 13.2 Å². The van der Waals surface area contributed by atoms with Crippen molar-refractivity contribution in [3.05, 3.63) is 87.7 Å². The Morgan fingerprint density at radius 1 is 1.09 bits per heavy atom. The highest BCUT2D eigenvalue weighted by molar-refractivity contribution is 7.89. The van der Waals surface area contributed by atoms with Crippen LogP contribution in [-0.4, -0.2) is 31.3 Å². The van der Waals surface area contributed by atoms with Gasteiger partial charge in [0, 0.05) is 28.6 Å². The van der Waals surface area contributed by atoms with Gasteiger partial charge in [0.2, 0.25) is 10.0 Å². The first-order valence-electron chi connectivity index (χ1n) is 10.7. The van der Waals surface area contributed by atoms with Crippen molar-refractivity contribution in [1.82, 2.24) is 4.31 Å². The molecule has 2 heterocycles. The Balaban J connectivity index is 1.42. The largest absolute Gasteiger partial charge is 0.460 e. The molecular weight excluding hydrogens is 478 g/mol. The summed E-state index contributed by atoms with van der Waals surface area (Å²) in [7, 11) is -3.89. The van der Waals surface area contributed by atoms with Gasteiger partial charge in [0.25, 0.3) is 0 Å². The predicted molar refractivity (Wildman–Crippen MR) is 128 cm³/mol. The van der Waals surface area contributed by atoms with E-state index in [1.165, 1.54) is 34.6 Å². The molecule has 4 aromatic rings. The van der Waals surface area contributed by atoms with E-state index in [0.29, 0.717) is 34.4 Å². The number of carbonyl (C=O) groups is 1. The Morgan fingerprint density at radius 3 is 2.65 bits per heavy atom. The number of rotatable bonds is 5. The van der Waals surface area contributed by atoms with Crippen LogP contribution >= 0.6 is 11.6 Å². The van der Waals surface area contributed by atoms with E-state index in [1.54, 1.807) is 6.07 Å². The van der Waals surface area contributed by atoms with Crippen molar-refractivity contribution < 1.29 is 22.4 Å². The highest BCUT2D eigenvalue weighted by Crippen LogP contribution is 2.30. The molecule has 0 saturated carbocycles. The van der Waals surface area contributed by atoms with Crippen LogP contribution in [0, 0.1) is 0 Å². The SMILES string of the molecule is O=C(OCc1cc(=O)oc2ccc3ccccc3c12)C1CCCN1S(=O)(=O)c1ccc(Cl)cc1. The summed E-state index contributed by atoms with van der Waals surface area (Å²) in [5, 5.41) is 2.92. The van der Waals surface area contributed by atoms with Crippen molar-refractivity contribution in [3.8, 4) is 0 Å². The fourth-order valence-electron chi connectivity index (χ4n) is 4.38. The molecule has 9 heteroatoms. The molecule has 3 aromatic carbocycles. The second-order valence-corrected chi connectivity index (χ2v) is 10.4. The summed E-state index contributed by atoms with van der Waals surface area (Å²) < 4.78 is 38.3. The van der Waals surface area contributed by atoms with E-state index in [-0.39, 0.29) is 18.0 Å². The van der Waals surface area contributed by atoms with Crippen molar-refractivity contribution in [2.75, 3.05) is 6.54 Å². The summed E-state index contributed by atoms with van der Waals surface area (Å²) in [4.78, 5) is 25.2. The lowest BCUT2D eigenvalue weighted by atomic mass is 10.0. The molecule has 7 nitrogen and oxygen atoms in total. The minimum absolute atomic E-state index is 0.0646. The Kier molecular flexibility index (Phi) is 5.89. The molecule has 0 radical (unpaired) electrons. The maximum atomic E-state index is 13.1. The molecule has 1 aliphatic rings. The topological polar surface area (TPSA) is 93.9 Å². The summed E-state index contributed by atoms with van der Waals surface area (Å²) in [6.07, 6.45) is 0.890. The van der Waals surface area contributed by atoms with Gasteiger partial charge in [-0.3, -0.25) is 4.79 Å². The zero-order chi connectivity index (χ0) is 23.9. The molecule has 5 rings (SSSR count). The van der Waals surface area contributed by atoms with Gasteiger partial charge in [-0.05, 0) is 53.9 Å². The Hall–Kier alpha value is -3.20. The Labute approximate surface area is 200 Å². The number of hydrogen-bond donors (Lipinski definition) is 0.